The molecule has 0 bridgehead atoms. The molecule has 4 N–H and O–H groups in total. The van der Waals surface area contributed by atoms with E-state index in [-0.39, 0.29) is 13.2 Å². The molecule has 0 saturated carbocycles. The zero-order chi connectivity index (χ0) is 15.8. The first kappa shape index (κ1) is 16.4. The van der Waals surface area contributed by atoms with Gasteiger partial charge in [-0.05, 0) is 27.7 Å². The van der Waals surface area contributed by atoms with E-state index in [1.54, 1.807) is 27.7 Å². The molecule has 122 valence electrons. The molecule has 2 aliphatic heterocycles. The summed E-state index contributed by atoms with van der Waals surface area (Å²) in [6, 6.07) is -1.19. The maximum absolute atomic E-state index is 11.1. The van der Waals surface area contributed by atoms with E-state index in [1.807, 2.05) is 0 Å². The molecular weight excluding hydrogens is 280 g/mol. The van der Waals surface area contributed by atoms with Crippen molar-refractivity contribution in [2.75, 3.05) is 13.2 Å². The third-order valence-corrected chi connectivity index (χ3v) is 3.48. The molecule has 2 aliphatic rings. The lowest BCUT2D eigenvalue weighted by Crippen LogP contribution is -2.65. The predicted octanol–water partition coefficient (Wildman–Crippen LogP) is -0.313. The van der Waals surface area contributed by atoms with Crippen LogP contribution in [0.4, 0.5) is 4.79 Å². The second-order valence-corrected chi connectivity index (χ2v) is 6.27. The number of hydrogen-bond donors (Lipinski definition) is 3. The first-order valence-electron chi connectivity index (χ1n) is 6.97. The smallest absolute Gasteiger partial charge is 0.312 e. The third kappa shape index (κ3) is 4.04. The molecular formula is C13H24N2O6. The second kappa shape index (κ2) is 5.69. The molecule has 0 aromatic carbocycles. The van der Waals surface area contributed by atoms with Crippen LogP contribution in [0.25, 0.3) is 0 Å². The first-order chi connectivity index (χ1) is 9.60. The Balaban J connectivity index is 2.19. The lowest BCUT2D eigenvalue weighted by Gasteiger charge is -2.48. The topological polar surface area (TPSA) is 112 Å². The molecule has 0 radical (unpaired) electrons. The minimum Gasteiger partial charge on any atom is -0.388 e. The molecule has 8 nitrogen and oxygen atoms in total. The molecule has 0 aromatic heterocycles. The molecule has 0 aromatic rings. The van der Waals surface area contributed by atoms with E-state index in [4.69, 9.17) is 24.7 Å². The van der Waals surface area contributed by atoms with E-state index in [0.29, 0.717) is 0 Å². The molecule has 0 aliphatic carbocycles. The summed E-state index contributed by atoms with van der Waals surface area (Å²) < 4.78 is 22.6. The molecule has 2 fully saturated rings. The molecule has 2 saturated heterocycles. The maximum Gasteiger partial charge on any atom is 0.312 e. The van der Waals surface area contributed by atoms with Gasteiger partial charge in [-0.2, -0.15) is 0 Å². The van der Waals surface area contributed by atoms with Crippen LogP contribution in [0.3, 0.4) is 0 Å². The van der Waals surface area contributed by atoms with Crippen LogP contribution >= 0.6 is 0 Å². The quantitative estimate of drug-likeness (QED) is 0.645. The Morgan fingerprint density at radius 1 is 1.10 bits per heavy atom. The number of nitrogens with one attached hydrogen (secondary N) is 1. The highest BCUT2D eigenvalue weighted by Gasteiger charge is 2.48. The van der Waals surface area contributed by atoms with Gasteiger partial charge in [0.1, 0.15) is 18.3 Å². The number of rotatable bonds is 2. The van der Waals surface area contributed by atoms with Gasteiger partial charge in [0.15, 0.2) is 11.6 Å². The van der Waals surface area contributed by atoms with E-state index < -0.39 is 42.0 Å². The van der Waals surface area contributed by atoms with Gasteiger partial charge in [0.25, 0.3) is 0 Å². The van der Waals surface area contributed by atoms with E-state index in [1.165, 1.54) is 0 Å². The molecule has 4 atom stereocenters. The van der Waals surface area contributed by atoms with Crippen molar-refractivity contribution < 1.29 is 28.8 Å². The van der Waals surface area contributed by atoms with Crippen molar-refractivity contribution in [1.29, 1.82) is 0 Å². The monoisotopic (exact) mass is 304 g/mol. The van der Waals surface area contributed by atoms with E-state index >= 15 is 0 Å². The molecule has 8 heteroatoms. The van der Waals surface area contributed by atoms with Gasteiger partial charge in [-0.15, -0.1) is 0 Å². The number of carbonyl (C=O) groups excluding carboxylic acids is 1. The van der Waals surface area contributed by atoms with Crippen LogP contribution in [0.2, 0.25) is 0 Å². The number of aliphatic hydroxyl groups is 1. The van der Waals surface area contributed by atoms with Crippen LogP contribution < -0.4 is 11.1 Å². The predicted molar refractivity (Wildman–Crippen MR) is 72.3 cm³/mol. The number of primary amides is 1. The maximum atomic E-state index is 11.1. The normalized spacial score (nSPS) is 38.7. The van der Waals surface area contributed by atoms with Crippen molar-refractivity contribution in [2.24, 2.45) is 5.73 Å². The Labute approximate surface area is 123 Å². The highest BCUT2D eigenvalue weighted by molar-refractivity contribution is 5.72. The molecule has 2 heterocycles. The van der Waals surface area contributed by atoms with Gasteiger partial charge in [0.2, 0.25) is 0 Å². The summed E-state index contributed by atoms with van der Waals surface area (Å²) in [5, 5.41) is 12.7. The minimum absolute atomic E-state index is 0.127. The molecule has 0 spiro atoms. The first-order valence-corrected chi connectivity index (χ1v) is 6.97. The Morgan fingerprint density at radius 3 is 2.19 bits per heavy atom. The molecule has 2 rings (SSSR count). The Morgan fingerprint density at radius 2 is 1.62 bits per heavy atom. The van der Waals surface area contributed by atoms with Crippen LogP contribution in [-0.4, -0.2) is 60.3 Å². The lowest BCUT2D eigenvalue weighted by atomic mass is 9.98. The van der Waals surface area contributed by atoms with E-state index in [2.05, 4.69) is 5.32 Å². The zero-order valence-electron chi connectivity index (χ0n) is 12.8. The van der Waals surface area contributed by atoms with Crippen molar-refractivity contribution in [3.05, 3.63) is 0 Å². The standard InChI is InChI=1S/C13H24N2O6/c1-12(2)18-5-7(15-11(14)17)9(20-12)10-8(16)6-19-13(3,4)21-10/h7-10,16H,5-6H2,1-4H3,(H3,14,15,17)/t7-,8-,9-,10-/m1/s1. The average molecular weight is 304 g/mol. The number of carbonyl (C=O) groups is 1. The summed E-state index contributed by atoms with van der Waals surface area (Å²) in [5.41, 5.74) is 5.18. The van der Waals surface area contributed by atoms with Gasteiger partial charge in [-0.3, -0.25) is 0 Å². The van der Waals surface area contributed by atoms with Crippen LogP contribution in [0.5, 0.6) is 0 Å². The highest BCUT2D eigenvalue weighted by Crippen LogP contribution is 2.32. The second-order valence-electron chi connectivity index (χ2n) is 6.27. The third-order valence-electron chi connectivity index (χ3n) is 3.48. The van der Waals surface area contributed by atoms with Gasteiger partial charge < -0.3 is 35.1 Å². The summed E-state index contributed by atoms with van der Waals surface area (Å²) in [6.45, 7) is 7.38. The number of nitrogens with two attached hydrogens (primary N) is 1. The Hall–Kier alpha value is -0.930. The van der Waals surface area contributed by atoms with Crippen LogP contribution in [0.1, 0.15) is 27.7 Å². The summed E-state index contributed by atoms with van der Waals surface area (Å²) in [5.74, 6) is -1.68. The fraction of sp³-hybridized carbons (Fsp3) is 0.923. The van der Waals surface area contributed by atoms with Gasteiger partial charge in [0.05, 0.1) is 19.3 Å². The lowest BCUT2D eigenvalue weighted by molar-refractivity contribution is -0.359. The van der Waals surface area contributed by atoms with Crippen molar-refractivity contribution in [3.63, 3.8) is 0 Å². The van der Waals surface area contributed by atoms with Gasteiger partial charge in [-0.1, -0.05) is 0 Å². The SMILES string of the molecule is CC1(C)OC[C@@H](O)[C@H]([C@@H]2OC(C)(C)OC[C@H]2NC(N)=O)O1. The van der Waals surface area contributed by atoms with Crippen molar-refractivity contribution in [1.82, 2.24) is 5.32 Å². The number of hydrogen-bond acceptors (Lipinski definition) is 6. The van der Waals surface area contributed by atoms with E-state index in [0.717, 1.165) is 0 Å². The summed E-state index contributed by atoms with van der Waals surface area (Å²) in [6.07, 6.45) is -2.12. The number of urea groups is 1. The highest BCUT2D eigenvalue weighted by atomic mass is 16.7. The summed E-state index contributed by atoms with van der Waals surface area (Å²) >= 11 is 0. The zero-order valence-corrected chi connectivity index (χ0v) is 12.8. The molecule has 2 amide bonds. The average Bonchev–Trinajstić information content (AvgIpc) is 2.34. The summed E-state index contributed by atoms with van der Waals surface area (Å²) in [7, 11) is 0. The minimum atomic E-state index is -0.867. The largest absolute Gasteiger partial charge is 0.388 e. The van der Waals surface area contributed by atoms with Crippen molar-refractivity contribution >= 4 is 6.03 Å². The number of aliphatic hydroxyl groups excluding tert-OH is 1. The van der Waals surface area contributed by atoms with Crippen LogP contribution in [-0.2, 0) is 18.9 Å². The van der Waals surface area contributed by atoms with Gasteiger partial charge in [-0.25, -0.2) is 4.79 Å². The van der Waals surface area contributed by atoms with E-state index in [9.17, 15) is 9.90 Å². The van der Waals surface area contributed by atoms with Crippen LogP contribution in [0, 0.1) is 0 Å². The number of amides is 2. The Kier molecular flexibility index (Phi) is 4.46. The summed E-state index contributed by atoms with van der Waals surface area (Å²) in [4.78, 5) is 11.1. The van der Waals surface area contributed by atoms with Gasteiger partial charge >= 0.3 is 6.03 Å². The van der Waals surface area contributed by atoms with Crippen molar-refractivity contribution in [2.45, 2.75) is 63.6 Å². The molecule has 21 heavy (non-hydrogen) atoms. The fourth-order valence-electron chi connectivity index (χ4n) is 2.54. The van der Waals surface area contributed by atoms with Crippen molar-refractivity contribution in [3.8, 4) is 0 Å². The fourth-order valence-corrected chi connectivity index (χ4v) is 2.54. The van der Waals surface area contributed by atoms with Crippen LogP contribution in [0.15, 0.2) is 0 Å². The van der Waals surface area contributed by atoms with Gasteiger partial charge in [0, 0.05) is 0 Å². The Bertz CT molecular complexity index is 400. The molecule has 0 unspecified atom stereocenters. The number of ether oxygens (including phenoxy) is 4.